The molecule has 0 saturated heterocycles. The highest BCUT2D eigenvalue weighted by atomic mass is 19.1. The van der Waals surface area contributed by atoms with Crippen molar-refractivity contribution in [2.75, 3.05) is 0 Å². The highest BCUT2D eigenvalue weighted by molar-refractivity contribution is 5.35. The standard InChI is InChI=1S/C20H17FN6O/c21-16-7-12(10-22)1-2-15(16)13-8-14(9-13)27-20(28)26-18(3-4-19(26)25-27)17-11-23-5-6-24-17/h1-2,5-7,11,13-14,18H,3-4,8-9H2/t13?,14?,18-/m0/s1. The van der Waals surface area contributed by atoms with Crippen LogP contribution in [0.2, 0.25) is 0 Å². The topological polar surface area (TPSA) is 89.4 Å². The Kier molecular flexibility index (Phi) is 3.83. The zero-order valence-electron chi connectivity index (χ0n) is 15.0. The van der Waals surface area contributed by atoms with E-state index in [-0.39, 0.29) is 29.5 Å². The Morgan fingerprint density at radius 2 is 2.11 bits per heavy atom. The lowest BCUT2D eigenvalue weighted by atomic mass is 9.75. The van der Waals surface area contributed by atoms with Crippen molar-refractivity contribution in [3.8, 4) is 6.07 Å². The molecule has 0 spiro atoms. The zero-order valence-corrected chi connectivity index (χ0v) is 15.0. The van der Waals surface area contributed by atoms with E-state index in [9.17, 15) is 9.18 Å². The van der Waals surface area contributed by atoms with Gasteiger partial charge >= 0.3 is 5.69 Å². The van der Waals surface area contributed by atoms with Gasteiger partial charge in [0.25, 0.3) is 0 Å². The average Bonchev–Trinajstić information content (AvgIpc) is 3.23. The maximum atomic E-state index is 14.2. The third-order valence-electron chi connectivity index (χ3n) is 5.81. The van der Waals surface area contributed by atoms with E-state index in [1.165, 1.54) is 6.07 Å². The number of fused-ring (bicyclic) bond motifs is 1. The van der Waals surface area contributed by atoms with E-state index >= 15 is 0 Å². The van der Waals surface area contributed by atoms with Crippen molar-refractivity contribution in [3.63, 3.8) is 0 Å². The smallest absolute Gasteiger partial charge is 0.270 e. The van der Waals surface area contributed by atoms with Crippen molar-refractivity contribution in [2.24, 2.45) is 0 Å². The average molecular weight is 376 g/mol. The van der Waals surface area contributed by atoms with Crippen LogP contribution in [-0.4, -0.2) is 24.3 Å². The summed E-state index contributed by atoms with van der Waals surface area (Å²) in [6.07, 6.45) is 7.78. The lowest BCUT2D eigenvalue weighted by Gasteiger charge is -2.35. The van der Waals surface area contributed by atoms with Crippen LogP contribution in [0.4, 0.5) is 4.39 Å². The molecule has 1 atom stereocenters. The molecule has 140 valence electrons. The summed E-state index contributed by atoms with van der Waals surface area (Å²) in [7, 11) is 0. The van der Waals surface area contributed by atoms with E-state index in [2.05, 4.69) is 15.1 Å². The molecule has 0 unspecified atom stereocenters. The lowest BCUT2D eigenvalue weighted by Crippen LogP contribution is -2.36. The highest BCUT2D eigenvalue weighted by Gasteiger charge is 2.38. The van der Waals surface area contributed by atoms with Crippen LogP contribution in [0.3, 0.4) is 0 Å². The summed E-state index contributed by atoms with van der Waals surface area (Å²) in [5.74, 6) is 0.454. The summed E-state index contributed by atoms with van der Waals surface area (Å²) >= 11 is 0. The Labute approximate surface area is 160 Å². The van der Waals surface area contributed by atoms with Crippen molar-refractivity contribution < 1.29 is 4.39 Å². The number of hydrogen-bond acceptors (Lipinski definition) is 5. The quantitative estimate of drug-likeness (QED) is 0.701. The van der Waals surface area contributed by atoms with Crippen LogP contribution in [0.25, 0.3) is 0 Å². The maximum Gasteiger partial charge on any atom is 0.346 e. The molecule has 1 aromatic carbocycles. The summed E-state index contributed by atoms with van der Waals surface area (Å²) in [6.45, 7) is 0. The van der Waals surface area contributed by atoms with Crippen molar-refractivity contribution in [1.29, 1.82) is 5.26 Å². The number of rotatable bonds is 3. The zero-order chi connectivity index (χ0) is 19.3. The fourth-order valence-corrected chi connectivity index (χ4v) is 4.28. The van der Waals surface area contributed by atoms with Crippen LogP contribution in [0.15, 0.2) is 41.6 Å². The van der Waals surface area contributed by atoms with Crippen molar-refractivity contribution >= 4 is 0 Å². The second kappa shape index (κ2) is 6.37. The van der Waals surface area contributed by atoms with E-state index in [0.29, 0.717) is 24.0 Å². The fraction of sp³-hybridized carbons (Fsp3) is 0.350. The van der Waals surface area contributed by atoms with Crippen LogP contribution in [0, 0.1) is 17.1 Å². The van der Waals surface area contributed by atoms with Crippen LogP contribution < -0.4 is 5.69 Å². The normalized spacial score (nSPS) is 23.1. The Balaban J connectivity index is 1.38. The first-order valence-electron chi connectivity index (χ1n) is 9.31. The molecule has 0 radical (unpaired) electrons. The number of halogens is 1. The minimum Gasteiger partial charge on any atom is -0.270 e. The Morgan fingerprint density at radius 1 is 1.25 bits per heavy atom. The Morgan fingerprint density at radius 3 is 2.82 bits per heavy atom. The van der Waals surface area contributed by atoms with Gasteiger partial charge in [-0.2, -0.15) is 10.4 Å². The lowest BCUT2D eigenvalue weighted by molar-refractivity contribution is 0.232. The van der Waals surface area contributed by atoms with Crippen molar-refractivity contribution in [2.45, 2.75) is 43.7 Å². The molecule has 2 aliphatic rings. The molecular formula is C20H17FN6O. The van der Waals surface area contributed by atoms with E-state index in [1.54, 1.807) is 40.0 Å². The van der Waals surface area contributed by atoms with Gasteiger partial charge in [-0.1, -0.05) is 6.07 Å². The molecule has 1 aliphatic heterocycles. The molecule has 0 amide bonds. The number of nitriles is 1. The predicted octanol–water partition coefficient (Wildman–Crippen LogP) is 2.50. The van der Waals surface area contributed by atoms with Gasteiger partial charge in [0.2, 0.25) is 0 Å². The molecule has 2 aromatic heterocycles. The molecule has 1 fully saturated rings. The third-order valence-corrected chi connectivity index (χ3v) is 5.81. The number of benzene rings is 1. The summed E-state index contributed by atoms with van der Waals surface area (Å²) in [5.41, 5.74) is 1.56. The summed E-state index contributed by atoms with van der Waals surface area (Å²) in [5, 5.41) is 13.4. The molecular weight excluding hydrogens is 359 g/mol. The molecule has 3 aromatic rings. The molecule has 7 nitrogen and oxygen atoms in total. The number of aryl methyl sites for hydroxylation is 1. The van der Waals surface area contributed by atoms with Crippen molar-refractivity contribution in [1.82, 2.24) is 24.3 Å². The van der Waals surface area contributed by atoms with Gasteiger partial charge in [0.05, 0.1) is 35.6 Å². The van der Waals surface area contributed by atoms with Crippen molar-refractivity contribution in [3.05, 3.63) is 75.7 Å². The van der Waals surface area contributed by atoms with E-state index in [4.69, 9.17) is 5.26 Å². The minimum atomic E-state index is -0.357. The minimum absolute atomic E-state index is 0.0341. The summed E-state index contributed by atoms with van der Waals surface area (Å²) in [6, 6.07) is 6.36. The second-order valence-electron chi connectivity index (χ2n) is 7.37. The SMILES string of the molecule is N#Cc1ccc(C2CC(n3nc4n(c3=O)[C@H](c3cnccn3)CC4)C2)c(F)c1. The van der Waals surface area contributed by atoms with E-state index < -0.39 is 0 Å². The summed E-state index contributed by atoms with van der Waals surface area (Å²) in [4.78, 5) is 21.4. The number of aromatic nitrogens is 5. The van der Waals surface area contributed by atoms with Crippen LogP contribution >= 0.6 is 0 Å². The number of hydrogen-bond donors (Lipinski definition) is 0. The van der Waals surface area contributed by atoms with Gasteiger partial charge in [-0.15, -0.1) is 0 Å². The first-order chi connectivity index (χ1) is 13.7. The van der Waals surface area contributed by atoms with E-state index in [1.807, 2.05) is 6.07 Å². The van der Waals surface area contributed by atoms with Crippen LogP contribution in [-0.2, 0) is 6.42 Å². The molecule has 0 N–H and O–H groups in total. The Bertz CT molecular complexity index is 1140. The van der Waals surface area contributed by atoms with Gasteiger partial charge in [-0.25, -0.2) is 13.9 Å². The second-order valence-corrected chi connectivity index (χ2v) is 7.37. The number of nitrogens with zero attached hydrogens (tertiary/aromatic N) is 6. The van der Waals surface area contributed by atoms with Gasteiger partial charge in [0.15, 0.2) is 0 Å². The maximum absolute atomic E-state index is 14.2. The molecule has 1 saturated carbocycles. The molecule has 3 heterocycles. The van der Waals surface area contributed by atoms with Gasteiger partial charge in [0.1, 0.15) is 11.6 Å². The fourth-order valence-electron chi connectivity index (χ4n) is 4.28. The van der Waals surface area contributed by atoms with Gasteiger partial charge < -0.3 is 0 Å². The largest absolute Gasteiger partial charge is 0.346 e. The molecule has 8 heteroatoms. The molecule has 5 rings (SSSR count). The molecule has 0 bridgehead atoms. The van der Waals surface area contributed by atoms with Crippen LogP contribution in [0.5, 0.6) is 0 Å². The first-order valence-corrected chi connectivity index (χ1v) is 9.31. The Hall–Kier alpha value is -3.34. The first kappa shape index (κ1) is 16.8. The molecule has 28 heavy (non-hydrogen) atoms. The monoisotopic (exact) mass is 376 g/mol. The van der Waals surface area contributed by atoms with Gasteiger partial charge in [-0.3, -0.25) is 14.5 Å². The molecule has 1 aliphatic carbocycles. The summed E-state index contributed by atoms with van der Waals surface area (Å²) < 4.78 is 17.5. The third kappa shape index (κ3) is 2.54. The predicted molar refractivity (Wildman–Crippen MR) is 97.1 cm³/mol. The van der Waals surface area contributed by atoms with Gasteiger partial charge in [-0.05, 0) is 42.9 Å². The van der Waals surface area contributed by atoms with Crippen LogP contribution in [0.1, 0.15) is 59.9 Å². The van der Waals surface area contributed by atoms with E-state index in [0.717, 1.165) is 24.4 Å². The van der Waals surface area contributed by atoms with Gasteiger partial charge in [0, 0.05) is 18.8 Å². The highest BCUT2D eigenvalue weighted by Crippen LogP contribution is 2.45.